The number of carbonyl (C=O) groups excluding carboxylic acids is 2. The Hall–Kier alpha value is -1.79. The van der Waals surface area contributed by atoms with Gasteiger partial charge in [-0.15, -0.1) is 0 Å². The number of carboxylic acids is 1. The lowest BCUT2D eigenvalue weighted by Gasteiger charge is -2.35. The molecule has 1 N–H and O–H groups in total. The number of hydrogen-bond acceptors (Lipinski definition) is 4. The molecule has 7 nitrogen and oxygen atoms in total. The van der Waals surface area contributed by atoms with E-state index in [9.17, 15) is 14.4 Å². The second-order valence-corrected chi connectivity index (χ2v) is 5.28. The van der Waals surface area contributed by atoms with Crippen LogP contribution in [0, 0.1) is 5.92 Å². The predicted octanol–water partition coefficient (Wildman–Crippen LogP) is 0.540. The molecule has 2 saturated heterocycles. The lowest BCUT2D eigenvalue weighted by atomic mass is 9.98. The lowest BCUT2D eigenvalue weighted by Crippen LogP contribution is -2.51. The summed E-state index contributed by atoms with van der Waals surface area (Å²) in [6, 6.07) is -0.776. The molecule has 1 unspecified atom stereocenters. The van der Waals surface area contributed by atoms with E-state index in [4.69, 9.17) is 9.84 Å². The number of hydrogen-bond donors (Lipinski definition) is 1. The van der Waals surface area contributed by atoms with Crippen LogP contribution in [0.3, 0.4) is 0 Å². The number of piperidine rings is 1. The number of carboxylic acid groups (broad SMARTS) is 1. The molecule has 20 heavy (non-hydrogen) atoms. The molecule has 2 atom stereocenters. The number of rotatable bonds is 2. The molecule has 0 aliphatic carbocycles. The van der Waals surface area contributed by atoms with E-state index < -0.39 is 23.9 Å². The first-order valence-corrected chi connectivity index (χ1v) is 6.90. The van der Waals surface area contributed by atoms with E-state index in [1.807, 2.05) is 0 Å². The summed E-state index contributed by atoms with van der Waals surface area (Å²) in [6.45, 7) is 1.29. The Labute approximate surface area is 117 Å². The molecule has 0 aromatic carbocycles. The summed E-state index contributed by atoms with van der Waals surface area (Å²) >= 11 is 0. The Morgan fingerprint density at radius 1 is 1.15 bits per heavy atom. The molecule has 0 spiro atoms. The van der Waals surface area contributed by atoms with Gasteiger partial charge >= 0.3 is 18.0 Å². The van der Waals surface area contributed by atoms with Crippen molar-refractivity contribution in [1.29, 1.82) is 0 Å². The molecule has 7 heteroatoms. The van der Waals surface area contributed by atoms with Crippen molar-refractivity contribution >= 4 is 18.0 Å². The Kier molecular flexibility index (Phi) is 4.46. The summed E-state index contributed by atoms with van der Waals surface area (Å²) in [5.74, 6) is -1.78. The van der Waals surface area contributed by atoms with Crippen LogP contribution in [0.1, 0.15) is 25.7 Å². The second kappa shape index (κ2) is 6.11. The first-order valence-electron chi connectivity index (χ1n) is 6.90. The number of likely N-dealkylation sites (tertiary alicyclic amines) is 2. The van der Waals surface area contributed by atoms with Crippen molar-refractivity contribution in [1.82, 2.24) is 9.80 Å². The van der Waals surface area contributed by atoms with Crippen molar-refractivity contribution in [2.75, 3.05) is 26.7 Å². The average Bonchev–Trinajstić information content (AvgIpc) is 2.95. The van der Waals surface area contributed by atoms with E-state index in [2.05, 4.69) is 0 Å². The number of carbonyl (C=O) groups is 3. The van der Waals surface area contributed by atoms with Gasteiger partial charge in [0.1, 0.15) is 6.04 Å². The van der Waals surface area contributed by atoms with Crippen molar-refractivity contribution in [3.63, 3.8) is 0 Å². The molecule has 0 radical (unpaired) electrons. The maximum absolute atomic E-state index is 12.5. The summed E-state index contributed by atoms with van der Waals surface area (Å²) in [4.78, 5) is 38.2. The van der Waals surface area contributed by atoms with Gasteiger partial charge < -0.3 is 19.6 Å². The summed E-state index contributed by atoms with van der Waals surface area (Å²) in [6.07, 6.45) is 2.65. The Morgan fingerprint density at radius 3 is 2.50 bits per heavy atom. The lowest BCUT2D eigenvalue weighted by molar-refractivity contribution is -0.146. The van der Waals surface area contributed by atoms with E-state index in [0.717, 1.165) is 6.42 Å². The number of urea groups is 1. The molecule has 2 rings (SSSR count). The van der Waals surface area contributed by atoms with Gasteiger partial charge in [-0.25, -0.2) is 9.59 Å². The largest absolute Gasteiger partial charge is 0.481 e. The average molecular weight is 284 g/mol. The molecule has 2 amide bonds. The smallest absolute Gasteiger partial charge is 0.328 e. The van der Waals surface area contributed by atoms with E-state index in [0.29, 0.717) is 32.4 Å². The monoisotopic (exact) mass is 284 g/mol. The minimum absolute atomic E-state index is 0.221. The van der Waals surface area contributed by atoms with Crippen molar-refractivity contribution in [3.8, 4) is 0 Å². The van der Waals surface area contributed by atoms with E-state index in [1.165, 1.54) is 12.0 Å². The Balaban J connectivity index is 2.02. The molecule has 2 aliphatic rings. The van der Waals surface area contributed by atoms with Crippen LogP contribution < -0.4 is 0 Å². The van der Waals surface area contributed by atoms with Crippen LogP contribution in [0.5, 0.6) is 0 Å². The third kappa shape index (κ3) is 2.86. The number of aliphatic carboxylic acids is 1. The Morgan fingerprint density at radius 2 is 1.85 bits per heavy atom. The highest BCUT2D eigenvalue weighted by Crippen LogP contribution is 2.23. The van der Waals surface area contributed by atoms with Gasteiger partial charge in [0.05, 0.1) is 13.0 Å². The zero-order valence-electron chi connectivity index (χ0n) is 11.6. The zero-order chi connectivity index (χ0) is 14.7. The van der Waals surface area contributed by atoms with Crippen molar-refractivity contribution in [2.24, 2.45) is 5.92 Å². The number of esters is 1. The van der Waals surface area contributed by atoms with Gasteiger partial charge in [0.2, 0.25) is 0 Å². The minimum Gasteiger partial charge on any atom is -0.481 e. The number of nitrogens with zero attached hydrogens (tertiary/aromatic N) is 2. The van der Waals surface area contributed by atoms with E-state index in [1.54, 1.807) is 4.90 Å². The fraction of sp³-hybridized carbons (Fsp3) is 0.769. The zero-order valence-corrected chi connectivity index (χ0v) is 11.6. The molecule has 2 fully saturated rings. The predicted molar refractivity (Wildman–Crippen MR) is 69.1 cm³/mol. The number of ether oxygens (including phenoxy) is 1. The maximum Gasteiger partial charge on any atom is 0.328 e. The highest BCUT2D eigenvalue weighted by Gasteiger charge is 2.38. The summed E-state index contributed by atoms with van der Waals surface area (Å²) in [5, 5.41) is 9.06. The third-order valence-electron chi connectivity index (χ3n) is 4.01. The Bertz CT molecular complexity index is 412. The van der Waals surface area contributed by atoms with Crippen molar-refractivity contribution in [2.45, 2.75) is 31.7 Å². The third-order valence-corrected chi connectivity index (χ3v) is 4.01. The van der Waals surface area contributed by atoms with Gasteiger partial charge in [-0.2, -0.15) is 0 Å². The van der Waals surface area contributed by atoms with Crippen molar-refractivity contribution < 1.29 is 24.2 Å². The molecule has 0 aromatic heterocycles. The standard InChI is InChI=1S/C13H20N2O5/c1-20-12(18)10-5-3-7-15(10)13(19)14-6-2-4-9(8-14)11(16)17/h9-10H,2-8H2,1H3,(H,16,17)/t9-,10?/m1/s1. The minimum atomic E-state index is -0.867. The molecule has 0 aromatic rings. The highest BCUT2D eigenvalue weighted by molar-refractivity contribution is 5.84. The van der Waals surface area contributed by atoms with Crippen LogP contribution >= 0.6 is 0 Å². The van der Waals surface area contributed by atoms with Crippen LogP contribution in [0.25, 0.3) is 0 Å². The fourth-order valence-corrected chi connectivity index (χ4v) is 2.91. The fourth-order valence-electron chi connectivity index (χ4n) is 2.91. The van der Waals surface area contributed by atoms with Gasteiger partial charge in [-0.1, -0.05) is 0 Å². The summed E-state index contributed by atoms with van der Waals surface area (Å²) in [7, 11) is 1.31. The molecule has 112 valence electrons. The summed E-state index contributed by atoms with van der Waals surface area (Å²) in [5.41, 5.74) is 0. The molecule has 2 heterocycles. The second-order valence-electron chi connectivity index (χ2n) is 5.28. The SMILES string of the molecule is COC(=O)C1CCCN1C(=O)N1CCC[C@@H](C(=O)O)C1. The first kappa shape index (κ1) is 14.6. The van der Waals surface area contributed by atoms with Crippen molar-refractivity contribution in [3.05, 3.63) is 0 Å². The number of amides is 2. The van der Waals surface area contributed by atoms with Crippen LogP contribution in [-0.4, -0.2) is 65.7 Å². The quantitative estimate of drug-likeness (QED) is 0.748. The van der Waals surface area contributed by atoms with Gasteiger partial charge in [0.15, 0.2) is 0 Å². The maximum atomic E-state index is 12.5. The molecular formula is C13H20N2O5. The molecule has 0 bridgehead atoms. The normalized spacial score (nSPS) is 26.4. The van der Waals surface area contributed by atoms with Gasteiger partial charge in [-0.3, -0.25) is 4.79 Å². The highest BCUT2D eigenvalue weighted by atomic mass is 16.5. The van der Waals surface area contributed by atoms with Crippen LogP contribution in [0.4, 0.5) is 4.79 Å². The van der Waals surface area contributed by atoms with E-state index in [-0.39, 0.29) is 12.6 Å². The van der Waals surface area contributed by atoms with E-state index >= 15 is 0 Å². The molecule has 0 saturated carbocycles. The summed E-state index contributed by atoms with van der Waals surface area (Å²) < 4.78 is 4.72. The van der Waals surface area contributed by atoms with Gasteiger partial charge in [0.25, 0.3) is 0 Å². The first-order chi connectivity index (χ1) is 9.54. The van der Waals surface area contributed by atoms with Gasteiger partial charge in [0, 0.05) is 19.6 Å². The molecular weight excluding hydrogens is 264 g/mol. The molecule has 2 aliphatic heterocycles. The van der Waals surface area contributed by atoms with Crippen LogP contribution in [-0.2, 0) is 14.3 Å². The van der Waals surface area contributed by atoms with Crippen LogP contribution in [0.15, 0.2) is 0 Å². The topological polar surface area (TPSA) is 87.2 Å². The van der Waals surface area contributed by atoms with Gasteiger partial charge in [-0.05, 0) is 25.7 Å². The van der Waals surface area contributed by atoms with Crippen LogP contribution in [0.2, 0.25) is 0 Å². The number of methoxy groups -OCH3 is 1.